The number of carboxylic acid groups (broad SMARTS) is 1. The van der Waals surface area contributed by atoms with Crippen molar-refractivity contribution in [1.29, 1.82) is 0 Å². The van der Waals surface area contributed by atoms with Gasteiger partial charge in [0.15, 0.2) is 11.6 Å². The Morgan fingerprint density at radius 2 is 2.10 bits per heavy atom. The van der Waals surface area contributed by atoms with Crippen LogP contribution in [0.4, 0.5) is 0 Å². The zero-order valence-electron chi connectivity index (χ0n) is 11.7. The number of carbonyl (C=O) groups excluding carboxylic acids is 1. The van der Waals surface area contributed by atoms with Crippen LogP contribution in [0.3, 0.4) is 0 Å². The smallest absolute Gasteiger partial charge is 0.290 e. The molecule has 0 aliphatic carbocycles. The fourth-order valence-electron chi connectivity index (χ4n) is 1.68. The van der Waals surface area contributed by atoms with Gasteiger partial charge >= 0.3 is 0 Å². The Hall–Kier alpha value is -2.74. The molecule has 2 aromatic rings. The highest BCUT2D eigenvalue weighted by Crippen LogP contribution is 2.20. The Bertz CT molecular complexity index is 624. The van der Waals surface area contributed by atoms with E-state index in [4.69, 9.17) is 20.4 Å². The number of amides is 1. The number of ether oxygens (including phenoxy) is 1. The molecule has 0 fully saturated rings. The topological polar surface area (TPSA) is 120 Å². The molecule has 0 bridgehead atoms. The summed E-state index contributed by atoms with van der Waals surface area (Å²) in [6, 6.07) is 6.99. The average Bonchev–Trinajstić information content (AvgIpc) is 2.81. The Balaban J connectivity index is 0.000000677. The van der Waals surface area contributed by atoms with Crippen LogP contribution in [0.2, 0.25) is 0 Å². The van der Waals surface area contributed by atoms with Gasteiger partial charge in [-0.25, -0.2) is 4.98 Å². The SMILES string of the molecule is COCc1nc(-c2ccccc2C(N)=O)nn1C.O=CO. The van der Waals surface area contributed by atoms with Crippen molar-refractivity contribution in [2.75, 3.05) is 7.11 Å². The van der Waals surface area contributed by atoms with E-state index >= 15 is 0 Å². The molecule has 0 aliphatic rings. The molecule has 21 heavy (non-hydrogen) atoms. The van der Waals surface area contributed by atoms with Gasteiger partial charge in [0.05, 0.1) is 5.56 Å². The summed E-state index contributed by atoms with van der Waals surface area (Å²) >= 11 is 0. The maximum atomic E-state index is 11.3. The molecule has 0 radical (unpaired) electrons. The van der Waals surface area contributed by atoms with Gasteiger partial charge in [-0.1, -0.05) is 18.2 Å². The first-order valence-corrected chi connectivity index (χ1v) is 5.91. The van der Waals surface area contributed by atoms with E-state index in [1.807, 2.05) is 6.07 Å². The minimum absolute atomic E-state index is 0.250. The van der Waals surface area contributed by atoms with E-state index in [-0.39, 0.29) is 6.47 Å². The van der Waals surface area contributed by atoms with Crippen LogP contribution in [-0.4, -0.2) is 39.4 Å². The van der Waals surface area contributed by atoms with Crippen molar-refractivity contribution in [2.24, 2.45) is 12.8 Å². The standard InChI is InChI=1S/C12H14N4O2.CH2O2/c1-16-10(7-18-2)14-12(15-16)9-6-4-3-5-8(9)11(13)17;2-1-3/h3-6H,7H2,1-2H3,(H2,13,17);1H,(H,2,3). The molecular formula is C13H16N4O4. The van der Waals surface area contributed by atoms with Crippen LogP contribution in [0, 0.1) is 0 Å². The first-order valence-electron chi connectivity index (χ1n) is 5.91. The minimum Gasteiger partial charge on any atom is -0.483 e. The Labute approximate surface area is 121 Å². The minimum atomic E-state index is -0.494. The third kappa shape index (κ3) is 4.11. The van der Waals surface area contributed by atoms with E-state index in [2.05, 4.69) is 10.1 Å². The van der Waals surface area contributed by atoms with Crippen LogP contribution in [0.5, 0.6) is 0 Å². The summed E-state index contributed by atoms with van der Waals surface area (Å²) in [6.45, 7) is 0.113. The van der Waals surface area contributed by atoms with Crippen molar-refractivity contribution >= 4 is 12.4 Å². The summed E-state index contributed by atoms with van der Waals surface area (Å²) in [5.41, 5.74) is 6.37. The maximum Gasteiger partial charge on any atom is 0.290 e. The number of rotatable bonds is 4. The van der Waals surface area contributed by atoms with Gasteiger partial charge in [-0.05, 0) is 6.07 Å². The molecule has 0 saturated carbocycles. The lowest BCUT2D eigenvalue weighted by molar-refractivity contribution is -0.122. The van der Waals surface area contributed by atoms with E-state index in [1.54, 1.807) is 37.0 Å². The molecule has 0 saturated heterocycles. The third-order valence-corrected chi connectivity index (χ3v) is 2.56. The molecule has 8 nitrogen and oxygen atoms in total. The molecule has 3 N–H and O–H groups in total. The van der Waals surface area contributed by atoms with E-state index in [0.29, 0.717) is 29.4 Å². The van der Waals surface area contributed by atoms with E-state index in [9.17, 15) is 4.79 Å². The van der Waals surface area contributed by atoms with Crippen molar-refractivity contribution in [2.45, 2.75) is 6.61 Å². The number of aromatic nitrogens is 3. The van der Waals surface area contributed by atoms with Gasteiger partial charge in [0.1, 0.15) is 6.61 Å². The Morgan fingerprint density at radius 1 is 1.48 bits per heavy atom. The predicted molar refractivity (Wildman–Crippen MR) is 74.4 cm³/mol. The normalized spacial score (nSPS) is 9.62. The van der Waals surface area contributed by atoms with Crippen LogP contribution in [0.25, 0.3) is 11.4 Å². The lowest BCUT2D eigenvalue weighted by Crippen LogP contribution is -2.12. The van der Waals surface area contributed by atoms with Gasteiger partial charge in [0.2, 0.25) is 5.91 Å². The molecule has 1 heterocycles. The summed E-state index contributed by atoms with van der Waals surface area (Å²) in [4.78, 5) is 24.0. The molecule has 2 rings (SSSR count). The van der Waals surface area contributed by atoms with E-state index < -0.39 is 5.91 Å². The molecule has 0 atom stereocenters. The Kier molecular flexibility index (Phi) is 6.02. The van der Waals surface area contributed by atoms with E-state index in [0.717, 1.165) is 0 Å². The van der Waals surface area contributed by atoms with Crippen molar-refractivity contribution in [3.63, 3.8) is 0 Å². The molecule has 1 aromatic carbocycles. The number of hydrogen-bond acceptors (Lipinski definition) is 5. The quantitative estimate of drug-likeness (QED) is 0.788. The van der Waals surface area contributed by atoms with Gasteiger partial charge in [-0.3, -0.25) is 14.3 Å². The zero-order chi connectivity index (χ0) is 15.8. The van der Waals surface area contributed by atoms with Gasteiger partial charge < -0.3 is 15.6 Å². The highest BCUT2D eigenvalue weighted by molar-refractivity contribution is 5.98. The van der Waals surface area contributed by atoms with Crippen molar-refractivity contribution in [1.82, 2.24) is 14.8 Å². The van der Waals surface area contributed by atoms with Crippen LogP contribution in [0.1, 0.15) is 16.2 Å². The van der Waals surface area contributed by atoms with Crippen molar-refractivity contribution in [3.05, 3.63) is 35.7 Å². The second-order valence-electron chi connectivity index (χ2n) is 3.92. The number of aryl methyl sites for hydroxylation is 1. The lowest BCUT2D eigenvalue weighted by Gasteiger charge is -2.01. The van der Waals surface area contributed by atoms with Crippen molar-refractivity contribution in [3.8, 4) is 11.4 Å². The van der Waals surface area contributed by atoms with Gasteiger partial charge in [0, 0.05) is 19.7 Å². The second-order valence-corrected chi connectivity index (χ2v) is 3.92. The fraction of sp³-hybridized carbons (Fsp3) is 0.231. The molecular weight excluding hydrogens is 276 g/mol. The molecule has 0 spiro atoms. The van der Waals surface area contributed by atoms with Gasteiger partial charge in [-0.15, -0.1) is 0 Å². The number of nitrogens with two attached hydrogens (primary N) is 1. The molecule has 1 amide bonds. The third-order valence-electron chi connectivity index (χ3n) is 2.56. The number of carbonyl (C=O) groups is 2. The summed E-state index contributed by atoms with van der Waals surface area (Å²) < 4.78 is 6.64. The molecule has 1 aromatic heterocycles. The van der Waals surface area contributed by atoms with Crippen molar-refractivity contribution < 1.29 is 19.4 Å². The van der Waals surface area contributed by atoms with E-state index in [1.165, 1.54) is 0 Å². The molecule has 112 valence electrons. The number of hydrogen-bond donors (Lipinski definition) is 2. The Morgan fingerprint density at radius 3 is 2.67 bits per heavy atom. The van der Waals surface area contributed by atoms with Crippen LogP contribution < -0.4 is 5.73 Å². The highest BCUT2D eigenvalue weighted by Gasteiger charge is 2.14. The predicted octanol–water partition coefficient (Wildman–Crippen LogP) is 0.428. The fourth-order valence-corrected chi connectivity index (χ4v) is 1.68. The first-order chi connectivity index (χ1) is 10.0. The monoisotopic (exact) mass is 292 g/mol. The maximum absolute atomic E-state index is 11.3. The summed E-state index contributed by atoms with van der Waals surface area (Å²) in [5, 5.41) is 11.1. The lowest BCUT2D eigenvalue weighted by atomic mass is 10.1. The second kappa shape index (κ2) is 7.75. The van der Waals surface area contributed by atoms with Crippen LogP contribution in [-0.2, 0) is 23.2 Å². The number of benzene rings is 1. The van der Waals surface area contributed by atoms with Crippen LogP contribution in [0.15, 0.2) is 24.3 Å². The molecule has 0 unspecified atom stereocenters. The number of primary amides is 1. The first kappa shape index (κ1) is 16.3. The number of methoxy groups -OCH3 is 1. The summed E-state index contributed by atoms with van der Waals surface area (Å²) in [7, 11) is 3.36. The zero-order valence-corrected chi connectivity index (χ0v) is 11.7. The molecule has 0 aliphatic heterocycles. The van der Waals surface area contributed by atoms with Gasteiger partial charge in [-0.2, -0.15) is 5.10 Å². The average molecular weight is 292 g/mol. The summed E-state index contributed by atoms with van der Waals surface area (Å²) in [5.74, 6) is 0.664. The molecule has 8 heteroatoms. The largest absolute Gasteiger partial charge is 0.483 e. The highest BCUT2D eigenvalue weighted by atomic mass is 16.5. The van der Waals surface area contributed by atoms with Gasteiger partial charge in [0.25, 0.3) is 6.47 Å². The number of nitrogens with zero attached hydrogens (tertiary/aromatic N) is 3. The summed E-state index contributed by atoms with van der Waals surface area (Å²) in [6.07, 6.45) is 0. The van der Waals surface area contributed by atoms with Crippen LogP contribution >= 0.6 is 0 Å².